The molecule has 8 heteroatoms. The number of aliphatic carboxylic acids is 2. The van der Waals surface area contributed by atoms with Gasteiger partial charge in [-0.05, 0) is 32.1 Å². The van der Waals surface area contributed by atoms with E-state index in [1.807, 2.05) is 0 Å². The van der Waals surface area contributed by atoms with Gasteiger partial charge in [-0.25, -0.2) is 4.79 Å². The fourth-order valence-corrected chi connectivity index (χ4v) is 7.37. The molecule has 3 aliphatic carbocycles. The maximum absolute atomic E-state index is 12.6. The van der Waals surface area contributed by atoms with Gasteiger partial charge in [0.05, 0.1) is 23.2 Å². The van der Waals surface area contributed by atoms with Crippen LogP contribution in [0.25, 0.3) is 0 Å². The van der Waals surface area contributed by atoms with Gasteiger partial charge in [0.15, 0.2) is 0 Å². The number of hydrogen-bond donors (Lipinski definition) is 2. The predicted octanol–water partition coefficient (Wildman–Crippen LogP) is 1.07. The summed E-state index contributed by atoms with van der Waals surface area (Å²) in [5.41, 5.74) is -4.83. The van der Waals surface area contributed by atoms with Gasteiger partial charge in [0, 0.05) is 11.3 Å². The number of hydrogen-bond acceptors (Lipinski definition) is 6. The summed E-state index contributed by atoms with van der Waals surface area (Å²) in [6, 6.07) is 0. The van der Waals surface area contributed by atoms with Crippen molar-refractivity contribution in [3.05, 3.63) is 0 Å². The summed E-state index contributed by atoms with van der Waals surface area (Å²) in [5, 5.41) is 19.7. The second kappa shape index (κ2) is 4.31. The normalized spacial score (nSPS) is 53.5. The predicted molar refractivity (Wildman–Crippen MR) is 86.1 cm³/mol. The smallest absolute Gasteiger partial charge is 0.349 e. The standard InChI is InChI=1S/C19H22O8/c1-16(2)17(3)6-9(19(16,14(23)24)27-15(17)25)18-5-7-4-8(18)11(13(22)26-18)10(7)12(20)21/h7-11H,4-6H2,1-3H3,(H,20,21)(H,23,24). The van der Waals surface area contributed by atoms with Crippen LogP contribution in [0, 0.1) is 40.4 Å². The lowest BCUT2D eigenvalue weighted by atomic mass is 9.62. The van der Waals surface area contributed by atoms with E-state index >= 15 is 0 Å². The van der Waals surface area contributed by atoms with Crippen LogP contribution in [0.5, 0.6) is 0 Å². The Morgan fingerprint density at radius 1 is 1.07 bits per heavy atom. The molecule has 0 amide bonds. The van der Waals surface area contributed by atoms with E-state index in [4.69, 9.17) is 9.47 Å². The van der Waals surface area contributed by atoms with Crippen LogP contribution in [0.4, 0.5) is 0 Å². The van der Waals surface area contributed by atoms with Crippen LogP contribution >= 0.6 is 0 Å². The summed E-state index contributed by atoms with van der Waals surface area (Å²) < 4.78 is 11.4. The Labute approximate surface area is 155 Å². The summed E-state index contributed by atoms with van der Waals surface area (Å²) >= 11 is 0. The van der Waals surface area contributed by atoms with Gasteiger partial charge in [0.25, 0.3) is 0 Å². The van der Waals surface area contributed by atoms with Crippen molar-refractivity contribution < 1.29 is 38.9 Å². The van der Waals surface area contributed by atoms with E-state index in [0.717, 1.165) is 0 Å². The highest BCUT2D eigenvalue weighted by Gasteiger charge is 2.87. The number of carboxylic acid groups (broad SMARTS) is 2. The molecule has 5 rings (SSSR count). The average Bonchev–Trinajstić information content (AvgIpc) is 3.22. The van der Waals surface area contributed by atoms with Gasteiger partial charge < -0.3 is 19.7 Å². The summed E-state index contributed by atoms with van der Waals surface area (Å²) in [4.78, 5) is 49.3. The Kier molecular flexibility index (Phi) is 2.71. The quantitative estimate of drug-likeness (QED) is 0.698. The van der Waals surface area contributed by atoms with E-state index in [9.17, 15) is 29.4 Å². The molecular formula is C19H22O8. The van der Waals surface area contributed by atoms with Gasteiger partial charge in [-0.1, -0.05) is 13.8 Å². The highest BCUT2D eigenvalue weighted by molar-refractivity contribution is 5.94. The summed E-state index contributed by atoms with van der Waals surface area (Å²) in [7, 11) is 0. The molecule has 27 heavy (non-hydrogen) atoms. The second-order valence-corrected chi connectivity index (χ2v) is 9.72. The molecule has 3 saturated carbocycles. The zero-order valence-corrected chi connectivity index (χ0v) is 15.4. The monoisotopic (exact) mass is 378 g/mol. The lowest BCUT2D eigenvalue weighted by Crippen LogP contribution is -2.61. The molecular weight excluding hydrogens is 356 g/mol. The summed E-state index contributed by atoms with van der Waals surface area (Å²) in [6.07, 6.45) is 1.11. The van der Waals surface area contributed by atoms with Crippen molar-refractivity contribution in [1.29, 1.82) is 0 Å². The largest absolute Gasteiger partial charge is 0.481 e. The van der Waals surface area contributed by atoms with Crippen LogP contribution in [0.15, 0.2) is 0 Å². The molecule has 0 aromatic carbocycles. The first kappa shape index (κ1) is 17.0. The highest BCUT2D eigenvalue weighted by Crippen LogP contribution is 2.76. The Morgan fingerprint density at radius 2 is 1.74 bits per heavy atom. The van der Waals surface area contributed by atoms with Crippen LogP contribution in [0.3, 0.4) is 0 Å². The van der Waals surface area contributed by atoms with Crippen molar-refractivity contribution in [2.24, 2.45) is 40.4 Å². The number of rotatable bonds is 3. The Morgan fingerprint density at radius 3 is 2.30 bits per heavy atom. The molecule has 2 saturated heterocycles. The van der Waals surface area contributed by atoms with Crippen LogP contribution in [-0.4, -0.2) is 45.3 Å². The number of esters is 2. The van der Waals surface area contributed by atoms with Crippen molar-refractivity contribution in [3.8, 4) is 0 Å². The SMILES string of the molecule is CC12CC(C34CC5CC3C(C(=O)O4)C5C(=O)O)C(C(=O)O)(OC1=O)C2(C)C. The van der Waals surface area contributed by atoms with Gasteiger partial charge in [-0.3, -0.25) is 14.4 Å². The van der Waals surface area contributed by atoms with E-state index in [1.54, 1.807) is 20.8 Å². The topological polar surface area (TPSA) is 127 Å². The lowest BCUT2D eigenvalue weighted by Gasteiger charge is -2.46. The molecule has 8 atom stereocenters. The van der Waals surface area contributed by atoms with Crippen LogP contribution < -0.4 is 0 Å². The van der Waals surface area contributed by atoms with Gasteiger partial charge >= 0.3 is 23.9 Å². The molecule has 0 aromatic rings. The van der Waals surface area contributed by atoms with Crippen molar-refractivity contribution in [2.45, 2.75) is 51.2 Å². The van der Waals surface area contributed by atoms with Crippen LogP contribution in [0.1, 0.15) is 40.0 Å². The molecule has 2 aliphatic heterocycles. The molecule has 8 unspecified atom stereocenters. The third-order valence-corrected chi connectivity index (χ3v) is 8.96. The van der Waals surface area contributed by atoms with E-state index in [0.29, 0.717) is 12.8 Å². The van der Waals surface area contributed by atoms with E-state index < -0.39 is 63.7 Å². The second-order valence-electron chi connectivity index (χ2n) is 9.72. The Bertz CT molecular complexity index is 832. The first-order valence-corrected chi connectivity index (χ1v) is 9.36. The molecule has 146 valence electrons. The molecule has 0 radical (unpaired) electrons. The minimum absolute atomic E-state index is 0.222. The van der Waals surface area contributed by atoms with Gasteiger partial charge in [-0.15, -0.1) is 0 Å². The van der Waals surface area contributed by atoms with Gasteiger partial charge in [-0.2, -0.15) is 0 Å². The maximum atomic E-state index is 12.6. The zero-order chi connectivity index (χ0) is 19.7. The van der Waals surface area contributed by atoms with E-state index in [2.05, 4.69) is 0 Å². The number of ether oxygens (including phenoxy) is 2. The maximum Gasteiger partial charge on any atom is 0.349 e. The van der Waals surface area contributed by atoms with Gasteiger partial charge in [0.1, 0.15) is 5.60 Å². The fraction of sp³-hybridized carbons (Fsp3) is 0.789. The Balaban J connectivity index is 1.66. The van der Waals surface area contributed by atoms with Crippen molar-refractivity contribution >= 4 is 23.9 Å². The van der Waals surface area contributed by atoms with Crippen molar-refractivity contribution in [1.82, 2.24) is 0 Å². The molecule has 5 fully saturated rings. The first-order valence-electron chi connectivity index (χ1n) is 9.36. The number of carboxylic acids is 2. The van der Waals surface area contributed by atoms with E-state index in [-0.39, 0.29) is 18.3 Å². The first-order chi connectivity index (χ1) is 12.4. The van der Waals surface area contributed by atoms with Crippen LogP contribution in [0.2, 0.25) is 0 Å². The number of carbonyl (C=O) groups is 4. The van der Waals surface area contributed by atoms with Gasteiger partial charge in [0.2, 0.25) is 5.60 Å². The molecule has 4 bridgehead atoms. The number of fused-ring (bicyclic) bond motifs is 3. The zero-order valence-electron chi connectivity index (χ0n) is 15.4. The highest BCUT2D eigenvalue weighted by atomic mass is 16.6. The number of carbonyl (C=O) groups excluding carboxylic acids is 2. The van der Waals surface area contributed by atoms with Crippen molar-refractivity contribution in [3.63, 3.8) is 0 Å². The van der Waals surface area contributed by atoms with E-state index in [1.165, 1.54) is 0 Å². The molecule has 2 N–H and O–H groups in total. The molecule has 0 aromatic heterocycles. The molecule has 0 spiro atoms. The van der Waals surface area contributed by atoms with Crippen LogP contribution in [-0.2, 0) is 28.7 Å². The average molecular weight is 378 g/mol. The summed E-state index contributed by atoms with van der Waals surface area (Å²) in [6.45, 7) is 5.17. The minimum Gasteiger partial charge on any atom is -0.481 e. The Hall–Kier alpha value is -2.12. The third kappa shape index (κ3) is 1.42. The summed E-state index contributed by atoms with van der Waals surface area (Å²) in [5.74, 6) is -6.06. The third-order valence-electron chi connectivity index (χ3n) is 8.96. The fourth-order valence-electron chi connectivity index (χ4n) is 7.37. The lowest BCUT2D eigenvalue weighted by molar-refractivity contribution is -0.207. The van der Waals surface area contributed by atoms with Crippen molar-refractivity contribution in [2.75, 3.05) is 0 Å². The minimum atomic E-state index is -1.78. The molecule has 8 nitrogen and oxygen atoms in total. The molecule has 5 aliphatic rings. The molecule has 2 heterocycles.